The number of hydrogen-bond donors (Lipinski definition) is 0. The van der Waals surface area contributed by atoms with Gasteiger partial charge < -0.3 is 0 Å². The van der Waals surface area contributed by atoms with Crippen LogP contribution in [-0.2, 0) is 4.79 Å². The summed E-state index contributed by atoms with van der Waals surface area (Å²) in [6.07, 6.45) is 0. The molecule has 0 aliphatic carbocycles. The van der Waals surface area contributed by atoms with Crippen LogP contribution in [0.3, 0.4) is 0 Å². The molecule has 3 rings (SSSR count). The van der Waals surface area contributed by atoms with Crippen LogP contribution in [-0.4, -0.2) is 5.91 Å². The van der Waals surface area contributed by atoms with Gasteiger partial charge in [-0.2, -0.15) is 0 Å². The summed E-state index contributed by atoms with van der Waals surface area (Å²) in [6, 6.07) is 28.5. The second kappa shape index (κ2) is 7.12. The second-order valence-corrected chi connectivity index (χ2v) is 5.55. The molecule has 0 aromatic heterocycles. The Balaban J connectivity index is 2.00. The average Bonchev–Trinajstić information content (AvgIpc) is 2.64. The van der Waals surface area contributed by atoms with Crippen molar-refractivity contribution in [3.8, 4) is 0 Å². The van der Waals surface area contributed by atoms with Gasteiger partial charge in [0.1, 0.15) is 5.38 Å². The normalized spacial score (nSPS) is 11.7. The highest BCUT2D eigenvalue weighted by atomic mass is 35.5. The SMILES string of the molecule is O=C([C@@H](Cl)c1ccccc1)N(c1ccccc1)c1ccccc1. The maximum absolute atomic E-state index is 13.0. The maximum Gasteiger partial charge on any atom is 0.254 e. The molecule has 0 fully saturated rings. The number of para-hydroxylation sites is 2. The van der Waals surface area contributed by atoms with Crippen LogP contribution in [0.5, 0.6) is 0 Å². The number of anilines is 2. The number of rotatable bonds is 4. The largest absolute Gasteiger partial charge is 0.279 e. The predicted octanol–water partition coefficient (Wildman–Crippen LogP) is 5.33. The van der Waals surface area contributed by atoms with Crippen LogP contribution in [0.1, 0.15) is 10.9 Å². The van der Waals surface area contributed by atoms with Gasteiger partial charge in [-0.25, -0.2) is 0 Å². The van der Waals surface area contributed by atoms with E-state index in [1.165, 1.54) is 0 Å². The molecule has 3 aromatic rings. The number of halogens is 1. The van der Waals surface area contributed by atoms with Gasteiger partial charge in [0.05, 0.1) is 0 Å². The monoisotopic (exact) mass is 321 g/mol. The molecule has 0 N–H and O–H groups in total. The van der Waals surface area contributed by atoms with Gasteiger partial charge in [0.25, 0.3) is 5.91 Å². The first-order valence-electron chi connectivity index (χ1n) is 7.40. The molecule has 0 heterocycles. The van der Waals surface area contributed by atoms with Crippen molar-refractivity contribution in [2.24, 2.45) is 0 Å². The van der Waals surface area contributed by atoms with Crippen molar-refractivity contribution in [3.05, 3.63) is 96.6 Å². The lowest BCUT2D eigenvalue weighted by atomic mass is 10.1. The molecule has 0 aliphatic heterocycles. The Bertz CT molecular complexity index is 720. The van der Waals surface area contributed by atoms with Gasteiger partial charge in [-0.1, -0.05) is 66.7 Å². The van der Waals surface area contributed by atoms with Crippen LogP contribution >= 0.6 is 11.6 Å². The van der Waals surface area contributed by atoms with Crippen molar-refractivity contribution < 1.29 is 4.79 Å². The van der Waals surface area contributed by atoms with E-state index >= 15 is 0 Å². The summed E-state index contributed by atoms with van der Waals surface area (Å²) in [5.41, 5.74) is 2.38. The lowest BCUT2D eigenvalue weighted by Gasteiger charge is -2.25. The number of hydrogen-bond acceptors (Lipinski definition) is 1. The zero-order chi connectivity index (χ0) is 16.1. The van der Waals surface area contributed by atoms with E-state index in [4.69, 9.17) is 11.6 Å². The van der Waals surface area contributed by atoms with Crippen molar-refractivity contribution in [2.45, 2.75) is 5.38 Å². The first-order valence-corrected chi connectivity index (χ1v) is 7.84. The highest BCUT2D eigenvalue weighted by molar-refractivity contribution is 6.33. The molecule has 0 spiro atoms. The van der Waals surface area contributed by atoms with Crippen LogP contribution in [0, 0.1) is 0 Å². The Morgan fingerprint density at radius 2 is 1.09 bits per heavy atom. The molecule has 0 unspecified atom stereocenters. The molecule has 1 atom stereocenters. The minimum Gasteiger partial charge on any atom is -0.279 e. The third-order valence-corrected chi connectivity index (χ3v) is 4.00. The molecule has 3 aromatic carbocycles. The van der Waals surface area contributed by atoms with E-state index < -0.39 is 5.38 Å². The third kappa shape index (κ3) is 3.43. The van der Waals surface area contributed by atoms with Crippen molar-refractivity contribution >= 4 is 28.9 Å². The van der Waals surface area contributed by atoms with Crippen molar-refractivity contribution in [1.82, 2.24) is 0 Å². The highest BCUT2D eigenvalue weighted by Crippen LogP contribution is 2.31. The summed E-state index contributed by atoms with van der Waals surface area (Å²) in [7, 11) is 0. The molecule has 0 saturated heterocycles. The highest BCUT2D eigenvalue weighted by Gasteiger charge is 2.26. The standard InChI is InChI=1S/C20H16ClNO/c21-19(16-10-4-1-5-11-16)20(23)22(17-12-6-2-7-13-17)18-14-8-3-9-15-18/h1-15,19H/t19-/m0/s1. The molecule has 0 bridgehead atoms. The average molecular weight is 322 g/mol. The number of carbonyl (C=O) groups is 1. The lowest BCUT2D eigenvalue weighted by molar-refractivity contribution is -0.117. The van der Waals surface area contributed by atoms with Gasteiger partial charge in [-0.15, -0.1) is 11.6 Å². The molecule has 0 radical (unpaired) electrons. The quantitative estimate of drug-likeness (QED) is 0.595. The minimum atomic E-state index is -0.739. The van der Waals surface area contributed by atoms with Gasteiger partial charge in [-0.3, -0.25) is 9.69 Å². The number of benzene rings is 3. The number of carbonyl (C=O) groups excluding carboxylic acids is 1. The fraction of sp³-hybridized carbons (Fsp3) is 0.0500. The van der Waals surface area contributed by atoms with Crippen molar-refractivity contribution in [3.63, 3.8) is 0 Å². The number of nitrogens with zero attached hydrogens (tertiary/aromatic N) is 1. The predicted molar refractivity (Wildman–Crippen MR) is 95.1 cm³/mol. The lowest BCUT2D eigenvalue weighted by Crippen LogP contribution is -2.29. The van der Waals surface area contributed by atoms with Gasteiger partial charge >= 0.3 is 0 Å². The van der Waals surface area contributed by atoms with E-state index in [9.17, 15) is 4.79 Å². The molecule has 114 valence electrons. The van der Waals surface area contributed by atoms with E-state index in [1.807, 2.05) is 91.0 Å². The van der Waals surface area contributed by atoms with Gasteiger partial charge in [-0.05, 0) is 29.8 Å². The summed E-state index contributed by atoms with van der Waals surface area (Å²) < 4.78 is 0. The van der Waals surface area contributed by atoms with E-state index in [1.54, 1.807) is 4.90 Å². The Kier molecular flexibility index (Phi) is 4.74. The van der Waals surface area contributed by atoms with Gasteiger partial charge in [0.2, 0.25) is 0 Å². The Labute approximate surface area is 141 Å². The number of alkyl halides is 1. The Hall–Kier alpha value is -2.58. The molecule has 0 aliphatic rings. The maximum atomic E-state index is 13.0. The Morgan fingerprint density at radius 3 is 1.52 bits per heavy atom. The van der Waals surface area contributed by atoms with E-state index in [2.05, 4.69) is 0 Å². The van der Waals surface area contributed by atoms with Crippen LogP contribution in [0.25, 0.3) is 0 Å². The summed E-state index contributed by atoms with van der Waals surface area (Å²) in [5.74, 6) is -0.171. The summed E-state index contributed by atoms with van der Waals surface area (Å²) >= 11 is 6.46. The third-order valence-electron chi connectivity index (χ3n) is 3.56. The van der Waals surface area contributed by atoms with Gasteiger partial charge in [0.15, 0.2) is 0 Å². The fourth-order valence-corrected chi connectivity index (χ4v) is 2.68. The Morgan fingerprint density at radius 1 is 0.696 bits per heavy atom. The van der Waals surface area contributed by atoms with Crippen molar-refractivity contribution in [1.29, 1.82) is 0 Å². The smallest absolute Gasteiger partial charge is 0.254 e. The molecular formula is C20H16ClNO. The van der Waals surface area contributed by atoms with Gasteiger partial charge in [0, 0.05) is 11.4 Å². The summed E-state index contributed by atoms with van der Waals surface area (Å²) in [6.45, 7) is 0. The van der Waals surface area contributed by atoms with Crippen molar-refractivity contribution in [2.75, 3.05) is 4.90 Å². The molecular weight excluding hydrogens is 306 g/mol. The fourth-order valence-electron chi connectivity index (χ4n) is 2.44. The first kappa shape index (κ1) is 15.3. The van der Waals surface area contributed by atoms with E-state index in [0.29, 0.717) is 0 Å². The topological polar surface area (TPSA) is 20.3 Å². The zero-order valence-corrected chi connectivity index (χ0v) is 13.2. The van der Waals surface area contributed by atoms with Crippen LogP contribution < -0.4 is 4.90 Å². The van der Waals surface area contributed by atoms with Crippen LogP contribution in [0.15, 0.2) is 91.0 Å². The molecule has 23 heavy (non-hydrogen) atoms. The molecule has 1 amide bonds. The first-order chi connectivity index (χ1) is 11.3. The molecule has 2 nitrogen and oxygen atoms in total. The molecule has 3 heteroatoms. The second-order valence-electron chi connectivity index (χ2n) is 5.12. The zero-order valence-electron chi connectivity index (χ0n) is 12.5. The van der Waals surface area contributed by atoms with E-state index in [0.717, 1.165) is 16.9 Å². The van der Waals surface area contributed by atoms with Crippen LogP contribution in [0.4, 0.5) is 11.4 Å². The minimum absolute atomic E-state index is 0.171. The van der Waals surface area contributed by atoms with E-state index in [-0.39, 0.29) is 5.91 Å². The summed E-state index contributed by atoms with van der Waals surface area (Å²) in [4.78, 5) is 14.7. The van der Waals surface area contributed by atoms with Crippen LogP contribution in [0.2, 0.25) is 0 Å². The summed E-state index contributed by atoms with van der Waals surface area (Å²) in [5, 5.41) is -0.739. The molecule has 0 saturated carbocycles. The number of amides is 1.